The van der Waals surface area contributed by atoms with Gasteiger partial charge < -0.3 is 14.2 Å². The van der Waals surface area contributed by atoms with E-state index in [1.165, 1.54) is 70.6 Å². The van der Waals surface area contributed by atoms with Crippen LogP contribution < -0.4 is 4.74 Å². The summed E-state index contributed by atoms with van der Waals surface area (Å²) in [6.07, 6.45) is 17.1. The van der Waals surface area contributed by atoms with E-state index in [0.29, 0.717) is 5.92 Å². The molecule has 1 fully saturated rings. The summed E-state index contributed by atoms with van der Waals surface area (Å²) in [6.45, 7) is 9.22. The van der Waals surface area contributed by atoms with E-state index in [4.69, 9.17) is 14.2 Å². The molecule has 3 rings (SSSR count). The van der Waals surface area contributed by atoms with Gasteiger partial charge in [-0.05, 0) is 49.1 Å². The molecule has 0 amide bonds. The van der Waals surface area contributed by atoms with Gasteiger partial charge in [0.1, 0.15) is 5.75 Å². The molecule has 1 saturated heterocycles. The van der Waals surface area contributed by atoms with Crippen molar-refractivity contribution in [3.8, 4) is 17.0 Å². The lowest BCUT2D eigenvalue weighted by atomic mass is 10.0. The van der Waals surface area contributed by atoms with Crippen LogP contribution in [0.5, 0.6) is 5.75 Å². The quantitative estimate of drug-likeness (QED) is 0.205. The molecule has 0 radical (unpaired) electrons. The lowest BCUT2D eigenvalue weighted by Gasteiger charge is -2.29. The molecule has 36 heavy (non-hydrogen) atoms. The topological polar surface area (TPSA) is 40.6 Å². The van der Waals surface area contributed by atoms with E-state index in [2.05, 4.69) is 50.0 Å². The highest BCUT2D eigenvalue weighted by Crippen LogP contribution is 2.29. The molecule has 1 aliphatic heterocycles. The molecule has 4 heteroatoms. The summed E-state index contributed by atoms with van der Waals surface area (Å²) in [5.74, 6) is 2.29. The van der Waals surface area contributed by atoms with Crippen molar-refractivity contribution in [2.75, 3.05) is 19.8 Å². The second kappa shape index (κ2) is 16.8. The van der Waals surface area contributed by atoms with Crippen molar-refractivity contribution in [3.63, 3.8) is 0 Å². The first-order valence-electron chi connectivity index (χ1n) is 14.6. The fraction of sp³-hybridized carbons (Fsp3) is 0.656. The zero-order valence-corrected chi connectivity index (χ0v) is 23.1. The molecule has 0 N–H and O–H groups in total. The standard InChI is InChI=1S/C32H49NO3/c1-4-6-7-8-9-12-15-27-24-35-32(36-25-27)29-18-21-31(33-23-29)28-16-19-30(20-17-28)34-22-13-10-11-14-26(3)5-2/h16-21,23,26-27,32H,4-15,22,24-25H2,1-3H3/t26-,27?,32?/m0/s1. The van der Waals surface area contributed by atoms with Crippen LogP contribution in [0.3, 0.4) is 0 Å². The van der Waals surface area contributed by atoms with Crippen molar-refractivity contribution in [3.05, 3.63) is 48.2 Å². The highest BCUT2D eigenvalue weighted by Gasteiger charge is 2.23. The van der Waals surface area contributed by atoms with Gasteiger partial charge in [-0.1, -0.05) is 91.0 Å². The van der Waals surface area contributed by atoms with Gasteiger partial charge in [-0.25, -0.2) is 0 Å². The molecule has 0 spiro atoms. The molecule has 0 unspecified atom stereocenters. The first-order chi connectivity index (χ1) is 17.7. The molecule has 1 atom stereocenters. The predicted molar refractivity (Wildman–Crippen MR) is 149 cm³/mol. The Morgan fingerprint density at radius 3 is 2.28 bits per heavy atom. The number of rotatable bonds is 17. The Kier molecular flexibility index (Phi) is 13.3. The minimum Gasteiger partial charge on any atom is -0.494 e. The second-order valence-corrected chi connectivity index (χ2v) is 10.6. The van der Waals surface area contributed by atoms with E-state index in [0.717, 1.165) is 54.7 Å². The molecule has 200 valence electrons. The number of ether oxygens (including phenoxy) is 3. The number of nitrogens with zero attached hydrogens (tertiary/aromatic N) is 1. The van der Waals surface area contributed by atoms with Gasteiger partial charge in [-0.15, -0.1) is 0 Å². The molecule has 0 bridgehead atoms. The van der Waals surface area contributed by atoms with Crippen LogP contribution in [0.2, 0.25) is 0 Å². The van der Waals surface area contributed by atoms with E-state index < -0.39 is 0 Å². The molecule has 1 aromatic carbocycles. The van der Waals surface area contributed by atoms with Gasteiger partial charge in [-0.3, -0.25) is 4.98 Å². The summed E-state index contributed by atoms with van der Waals surface area (Å²) in [4.78, 5) is 4.67. The van der Waals surface area contributed by atoms with E-state index in [-0.39, 0.29) is 6.29 Å². The summed E-state index contributed by atoms with van der Waals surface area (Å²) in [5.41, 5.74) is 3.03. The Balaban J connectivity index is 1.35. The third-order valence-corrected chi connectivity index (χ3v) is 7.45. The van der Waals surface area contributed by atoms with Crippen LogP contribution in [0.25, 0.3) is 11.3 Å². The fourth-order valence-corrected chi connectivity index (χ4v) is 4.72. The highest BCUT2D eigenvalue weighted by molar-refractivity contribution is 5.60. The van der Waals surface area contributed by atoms with E-state index in [1.54, 1.807) is 0 Å². The Morgan fingerprint density at radius 1 is 0.861 bits per heavy atom. The smallest absolute Gasteiger partial charge is 0.185 e. The number of pyridine rings is 1. The van der Waals surface area contributed by atoms with Crippen molar-refractivity contribution in [1.29, 1.82) is 0 Å². The highest BCUT2D eigenvalue weighted by atomic mass is 16.7. The van der Waals surface area contributed by atoms with E-state index >= 15 is 0 Å². The molecular formula is C32H49NO3. The average molecular weight is 496 g/mol. The third-order valence-electron chi connectivity index (χ3n) is 7.45. The summed E-state index contributed by atoms with van der Waals surface area (Å²) >= 11 is 0. The van der Waals surface area contributed by atoms with E-state index in [1.807, 2.05) is 18.3 Å². The maximum Gasteiger partial charge on any atom is 0.185 e. The zero-order chi connectivity index (χ0) is 25.4. The normalized spacial score (nSPS) is 18.8. The Labute approximate surface area is 220 Å². The van der Waals surface area contributed by atoms with Gasteiger partial charge in [-0.2, -0.15) is 0 Å². The van der Waals surface area contributed by atoms with Crippen LogP contribution in [-0.4, -0.2) is 24.8 Å². The monoisotopic (exact) mass is 495 g/mol. The van der Waals surface area contributed by atoms with Crippen molar-refractivity contribution in [2.45, 2.75) is 104 Å². The maximum atomic E-state index is 6.03. The first kappa shape index (κ1) is 28.7. The zero-order valence-electron chi connectivity index (χ0n) is 23.1. The van der Waals surface area contributed by atoms with Crippen molar-refractivity contribution in [1.82, 2.24) is 4.98 Å². The fourth-order valence-electron chi connectivity index (χ4n) is 4.72. The lowest BCUT2D eigenvalue weighted by Crippen LogP contribution is -2.27. The van der Waals surface area contributed by atoms with E-state index in [9.17, 15) is 0 Å². The van der Waals surface area contributed by atoms with Crippen molar-refractivity contribution in [2.24, 2.45) is 11.8 Å². The summed E-state index contributed by atoms with van der Waals surface area (Å²) in [7, 11) is 0. The molecule has 1 aromatic heterocycles. The number of hydrogen-bond donors (Lipinski definition) is 0. The van der Waals surface area contributed by atoms with Crippen LogP contribution in [-0.2, 0) is 9.47 Å². The summed E-state index contributed by atoms with van der Waals surface area (Å²) in [6, 6.07) is 12.4. The van der Waals surface area contributed by atoms with Crippen LogP contribution in [0.4, 0.5) is 0 Å². The maximum absolute atomic E-state index is 6.03. The largest absolute Gasteiger partial charge is 0.494 e. The minimum atomic E-state index is -0.298. The SMILES string of the molecule is CCCCCCCCC1COC(c2ccc(-c3ccc(OCCCCC[C@@H](C)CC)cc3)nc2)OC1. The summed E-state index contributed by atoms with van der Waals surface area (Å²) < 4.78 is 18.0. The van der Waals surface area contributed by atoms with Crippen molar-refractivity contribution >= 4 is 0 Å². The molecular weight excluding hydrogens is 446 g/mol. The van der Waals surface area contributed by atoms with Crippen molar-refractivity contribution < 1.29 is 14.2 Å². The average Bonchev–Trinajstić information content (AvgIpc) is 2.93. The minimum absolute atomic E-state index is 0.298. The Hall–Kier alpha value is -1.91. The van der Waals surface area contributed by atoms with Crippen LogP contribution >= 0.6 is 0 Å². The number of unbranched alkanes of at least 4 members (excludes halogenated alkanes) is 7. The van der Waals surface area contributed by atoms with Gasteiger partial charge in [0.25, 0.3) is 0 Å². The Bertz CT molecular complexity index is 812. The first-order valence-corrected chi connectivity index (χ1v) is 14.6. The molecule has 0 saturated carbocycles. The number of hydrogen-bond acceptors (Lipinski definition) is 4. The third kappa shape index (κ3) is 10.2. The molecule has 1 aliphatic rings. The summed E-state index contributed by atoms with van der Waals surface area (Å²) in [5, 5.41) is 0. The molecule has 2 heterocycles. The van der Waals surface area contributed by atoms with Crippen LogP contribution in [0.15, 0.2) is 42.6 Å². The molecule has 4 nitrogen and oxygen atoms in total. The van der Waals surface area contributed by atoms with Gasteiger partial charge in [0, 0.05) is 23.2 Å². The number of benzene rings is 1. The van der Waals surface area contributed by atoms with Gasteiger partial charge >= 0.3 is 0 Å². The van der Waals surface area contributed by atoms with Crippen LogP contribution in [0.1, 0.15) is 110 Å². The molecule has 0 aliphatic carbocycles. The lowest BCUT2D eigenvalue weighted by molar-refractivity contribution is -0.206. The van der Waals surface area contributed by atoms with Gasteiger partial charge in [0.15, 0.2) is 6.29 Å². The predicted octanol–water partition coefficient (Wildman–Crippen LogP) is 9.15. The van der Waals surface area contributed by atoms with Crippen LogP contribution in [0, 0.1) is 11.8 Å². The molecule has 2 aromatic rings. The second-order valence-electron chi connectivity index (χ2n) is 10.6. The Morgan fingerprint density at radius 2 is 1.58 bits per heavy atom. The van der Waals surface area contributed by atoms with Gasteiger partial charge in [0.2, 0.25) is 0 Å². The van der Waals surface area contributed by atoms with Gasteiger partial charge in [0.05, 0.1) is 25.5 Å². The number of aromatic nitrogens is 1.